The van der Waals surface area contributed by atoms with Gasteiger partial charge in [0.1, 0.15) is 0 Å². The highest BCUT2D eigenvalue weighted by Gasteiger charge is 2.38. The van der Waals surface area contributed by atoms with E-state index < -0.39 is 0 Å². The molecule has 1 aliphatic carbocycles. The van der Waals surface area contributed by atoms with E-state index in [1.165, 1.54) is 11.1 Å². The number of aliphatic hydroxyl groups excluding tert-OH is 1. The first-order valence-electron chi connectivity index (χ1n) is 8.10. The first-order valence-corrected chi connectivity index (χ1v) is 8.10. The van der Waals surface area contributed by atoms with Crippen LogP contribution in [0.15, 0.2) is 18.2 Å². The van der Waals surface area contributed by atoms with Crippen molar-refractivity contribution < 1.29 is 9.90 Å². The van der Waals surface area contributed by atoms with Gasteiger partial charge in [-0.3, -0.25) is 0 Å². The van der Waals surface area contributed by atoms with Gasteiger partial charge in [-0.05, 0) is 48.9 Å². The van der Waals surface area contributed by atoms with Crippen LogP contribution < -0.4 is 5.32 Å². The monoisotopic (exact) mass is 304 g/mol. The molecule has 0 aromatic heterocycles. The van der Waals surface area contributed by atoms with E-state index in [-0.39, 0.29) is 18.1 Å². The highest BCUT2D eigenvalue weighted by molar-refractivity contribution is 5.89. The standard InChI is InChI=1S/C18H28N2O2/c1-13(2)16-10-15(7-6-14(16)3)19-17(22)20(4)11-18(12-21)8-5-9-18/h6-7,10,13,21H,5,8-9,11-12H2,1-4H3,(H,19,22). The minimum atomic E-state index is -0.113. The maximum atomic E-state index is 12.3. The molecule has 22 heavy (non-hydrogen) atoms. The molecule has 0 atom stereocenters. The van der Waals surface area contributed by atoms with E-state index in [9.17, 15) is 9.90 Å². The van der Waals surface area contributed by atoms with Crippen molar-refractivity contribution in [1.82, 2.24) is 4.90 Å². The molecule has 122 valence electrons. The van der Waals surface area contributed by atoms with Gasteiger partial charge in [-0.2, -0.15) is 0 Å². The van der Waals surface area contributed by atoms with Gasteiger partial charge in [0, 0.05) is 24.7 Å². The molecule has 1 aromatic carbocycles. The Bertz CT molecular complexity index is 530. The molecule has 1 aliphatic rings. The lowest BCUT2D eigenvalue weighted by atomic mass is 9.69. The Kier molecular flexibility index (Phi) is 5.12. The third-order valence-electron chi connectivity index (χ3n) is 4.82. The van der Waals surface area contributed by atoms with Crippen molar-refractivity contribution >= 4 is 11.7 Å². The van der Waals surface area contributed by atoms with Gasteiger partial charge in [0.05, 0.1) is 6.61 Å². The van der Waals surface area contributed by atoms with Gasteiger partial charge in [-0.25, -0.2) is 4.79 Å². The zero-order valence-electron chi connectivity index (χ0n) is 14.1. The lowest BCUT2D eigenvalue weighted by Gasteiger charge is -2.42. The summed E-state index contributed by atoms with van der Waals surface area (Å²) < 4.78 is 0. The molecule has 4 heteroatoms. The first kappa shape index (κ1) is 16.8. The molecule has 0 heterocycles. The molecular weight excluding hydrogens is 276 g/mol. The molecule has 2 N–H and O–H groups in total. The Balaban J connectivity index is 2.00. The molecule has 1 saturated carbocycles. The SMILES string of the molecule is Cc1ccc(NC(=O)N(C)CC2(CO)CCC2)cc1C(C)C. The normalized spacial score (nSPS) is 16.3. The minimum absolute atomic E-state index is 0.0809. The fourth-order valence-electron chi connectivity index (χ4n) is 3.18. The van der Waals surface area contributed by atoms with Crippen LogP contribution in [0, 0.1) is 12.3 Å². The first-order chi connectivity index (χ1) is 10.4. The van der Waals surface area contributed by atoms with E-state index >= 15 is 0 Å². The van der Waals surface area contributed by atoms with Crippen molar-refractivity contribution in [2.75, 3.05) is 25.5 Å². The molecule has 0 unspecified atom stereocenters. The lowest BCUT2D eigenvalue weighted by Crippen LogP contribution is -2.46. The predicted molar refractivity (Wildman–Crippen MR) is 90.3 cm³/mol. The van der Waals surface area contributed by atoms with Crippen LogP contribution in [-0.2, 0) is 0 Å². The number of carbonyl (C=O) groups is 1. The van der Waals surface area contributed by atoms with Crippen LogP contribution in [0.2, 0.25) is 0 Å². The van der Waals surface area contributed by atoms with Gasteiger partial charge >= 0.3 is 6.03 Å². The van der Waals surface area contributed by atoms with Gasteiger partial charge in [-0.1, -0.05) is 26.3 Å². The second-order valence-corrected chi connectivity index (χ2v) is 7.02. The third kappa shape index (κ3) is 3.61. The van der Waals surface area contributed by atoms with Crippen LogP contribution in [0.5, 0.6) is 0 Å². The molecule has 2 rings (SSSR count). The van der Waals surface area contributed by atoms with Crippen molar-refractivity contribution in [2.24, 2.45) is 5.41 Å². The summed E-state index contributed by atoms with van der Waals surface area (Å²) >= 11 is 0. The largest absolute Gasteiger partial charge is 0.396 e. The van der Waals surface area contributed by atoms with Gasteiger partial charge in [0.2, 0.25) is 0 Å². The number of rotatable bonds is 5. The molecule has 1 aromatic rings. The number of carbonyl (C=O) groups excluding carboxylic acids is 1. The summed E-state index contributed by atoms with van der Waals surface area (Å²) in [6.45, 7) is 7.17. The minimum Gasteiger partial charge on any atom is -0.396 e. The molecule has 0 aliphatic heterocycles. The van der Waals surface area contributed by atoms with Crippen LogP contribution in [0.1, 0.15) is 50.2 Å². The van der Waals surface area contributed by atoms with Gasteiger partial charge in [-0.15, -0.1) is 0 Å². The van der Waals surface area contributed by atoms with Crippen molar-refractivity contribution in [3.05, 3.63) is 29.3 Å². The van der Waals surface area contributed by atoms with Crippen LogP contribution in [0.4, 0.5) is 10.5 Å². The number of benzene rings is 1. The molecule has 2 amide bonds. The number of hydrogen-bond acceptors (Lipinski definition) is 2. The van der Waals surface area contributed by atoms with E-state index in [1.807, 2.05) is 12.1 Å². The molecule has 0 bridgehead atoms. The summed E-state index contributed by atoms with van der Waals surface area (Å²) in [5, 5.41) is 12.5. The Hall–Kier alpha value is -1.55. The van der Waals surface area contributed by atoms with Crippen LogP contribution in [0.3, 0.4) is 0 Å². The Morgan fingerprint density at radius 3 is 2.59 bits per heavy atom. The van der Waals surface area contributed by atoms with Crippen LogP contribution in [-0.4, -0.2) is 36.2 Å². The number of aryl methyl sites for hydroxylation is 1. The smallest absolute Gasteiger partial charge is 0.321 e. The molecular formula is C18H28N2O2. The van der Waals surface area contributed by atoms with E-state index in [0.717, 1.165) is 24.9 Å². The van der Waals surface area contributed by atoms with Crippen molar-refractivity contribution in [3.8, 4) is 0 Å². The van der Waals surface area contributed by atoms with Gasteiger partial charge in [0.15, 0.2) is 0 Å². The van der Waals surface area contributed by atoms with E-state index in [1.54, 1.807) is 11.9 Å². The highest BCUT2D eigenvalue weighted by atomic mass is 16.3. The average molecular weight is 304 g/mol. The average Bonchev–Trinajstić information content (AvgIpc) is 2.44. The topological polar surface area (TPSA) is 52.6 Å². The van der Waals surface area contributed by atoms with E-state index in [2.05, 4.69) is 32.2 Å². The summed E-state index contributed by atoms with van der Waals surface area (Å²) in [7, 11) is 1.79. The Morgan fingerprint density at radius 2 is 2.09 bits per heavy atom. The second kappa shape index (κ2) is 6.69. The number of anilines is 1. The number of amides is 2. The number of nitrogens with one attached hydrogen (secondary N) is 1. The van der Waals surface area contributed by atoms with Crippen LogP contribution >= 0.6 is 0 Å². The highest BCUT2D eigenvalue weighted by Crippen LogP contribution is 2.40. The molecule has 0 saturated heterocycles. The van der Waals surface area contributed by atoms with E-state index in [0.29, 0.717) is 12.5 Å². The zero-order valence-corrected chi connectivity index (χ0v) is 14.1. The van der Waals surface area contributed by atoms with E-state index in [4.69, 9.17) is 0 Å². The maximum absolute atomic E-state index is 12.3. The summed E-state index contributed by atoms with van der Waals surface area (Å²) in [5.41, 5.74) is 3.25. The molecule has 4 nitrogen and oxygen atoms in total. The molecule has 0 radical (unpaired) electrons. The maximum Gasteiger partial charge on any atom is 0.321 e. The van der Waals surface area contributed by atoms with Crippen LogP contribution in [0.25, 0.3) is 0 Å². The fourth-order valence-corrected chi connectivity index (χ4v) is 3.18. The predicted octanol–water partition coefficient (Wildman–Crippen LogP) is 3.74. The Labute approximate surface area is 133 Å². The Morgan fingerprint density at radius 1 is 1.41 bits per heavy atom. The van der Waals surface area contributed by atoms with Crippen molar-refractivity contribution in [1.29, 1.82) is 0 Å². The van der Waals surface area contributed by atoms with Gasteiger partial charge < -0.3 is 15.3 Å². The third-order valence-corrected chi connectivity index (χ3v) is 4.82. The number of nitrogens with zero attached hydrogens (tertiary/aromatic N) is 1. The van der Waals surface area contributed by atoms with Crippen molar-refractivity contribution in [2.45, 2.75) is 46.0 Å². The number of aliphatic hydroxyl groups is 1. The van der Waals surface area contributed by atoms with Gasteiger partial charge in [0.25, 0.3) is 0 Å². The molecule has 0 spiro atoms. The van der Waals surface area contributed by atoms with Crippen molar-refractivity contribution in [3.63, 3.8) is 0 Å². The summed E-state index contributed by atoms with van der Waals surface area (Å²) in [6.07, 6.45) is 3.15. The molecule has 1 fully saturated rings. The quantitative estimate of drug-likeness (QED) is 0.870. The summed E-state index contributed by atoms with van der Waals surface area (Å²) in [5.74, 6) is 0.433. The second-order valence-electron chi connectivity index (χ2n) is 7.02. The number of urea groups is 1. The number of hydrogen-bond donors (Lipinski definition) is 2. The zero-order chi connectivity index (χ0) is 16.3. The summed E-state index contributed by atoms with van der Waals surface area (Å²) in [4.78, 5) is 14.0. The summed E-state index contributed by atoms with van der Waals surface area (Å²) in [6, 6.07) is 5.93. The fraction of sp³-hybridized carbons (Fsp3) is 0.611. The lowest BCUT2D eigenvalue weighted by molar-refractivity contribution is 0.0243.